The zero-order chi connectivity index (χ0) is 14.3. The van der Waals surface area contributed by atoms with Crippen molar-refractivity contribution in [3.63, 3.8) is 0 Å². The van der Waals surface area contributed by atoms with E-state index in [9.17, 15) is 4.39 Å². The normalized spacial score (nSPS) is 11.8. The summed E-state index contributed by atoms with van der Waals surface area (Å²) in [6.07, 6.45) is 0.800. The third kappa shape index (κ3) is 5.70. The van der Waals surface area contributed by atoms with Gasteiger partial charge < -0.3 is 5.32 Å². The lowest BCUT2D eigenvalue weighted by atomic mass is 10.1. The number of nitrogens with one attached hydrogen (secondary N) is 2. The zero-order valence-electron chi connectivity index (χ0n) is 11.8. The van der Waals surface area contributed by atoms with Crippen LogP contribution in [-0.4, -0.2) is 19.0 Å². The standard InChI is InChI=1S/C14H23FN4/c1-10(2)9-18-14(19-16)17-7-6-12-4-5-13(15)8-11(12)3/h4-5,8,10H,6-7,9,16H2,1-3H3,(H2,17,18,19). The molecule has 0 aliphatic heterocycles. The van der Waals surface area contributed by atoms with Crippen LogP contribution in [0.25, 0.3) is 0 Å². The monoisotopic (exact) mass is 266 g/mol. The van der Waals surface area contributed by atoms with Gasteiger partial charge in [-0.1, -0.05) is 19.9 Å². The van der Waals surface area contributed by atoms with Crippen LogP contribution >= 0.6 is 0 Å². The lowest BCUT2D eigenvalue weighted by Crippen LogP contribution is -2.42. The molecule has 0 unspecified atom stereocenters. The molecule has 0 radical (unpaired) electrons. The highest BCUT2D eigenvalue weighted by Crippen LogP contribution is 2.10. The lowest BCUT2D eigenvalue weighted by Gasteiger charge is -2.11. The predicted octanol–water partition coefficient (Wildman–Crippen LogP) is 1.74. The quantitative estimate of drug-likeness (QED) is 0.329. The number of halogens is 1. The predicted molar refractivity (Wildman–Crippen MR) is 77.3 cm³/mol. The molecule has 0 fully saturated rings. The molecule has 0 heterocycles. The summed E-state index contributed by atoms with van der Waals surface area (Å²) < 4.78 is 13.0. The van der Waals surface area contributed by atoms with E-state index in [1.807, 2.05) is 13.0 Å². The molecule has 1 rings (SSSR count). The van der Waals surface area contributed by atoms with E-state index >= 15 is 0 Å². The minimum absolute atomic E-state index is 0.197. The number of hydrazine groups is 1. The first-order chi connectivity index (χ1) is 9.02. The molecular weight excluding hydrogens is 243 g/mol. The first-order valence-corrected chi connectivity index (χ1v) is 6.53. The molecule has 19 heavy (non-hydrogen) atoms. The SMILES string of the molecule is Cc1cc(F)ccc1CCNC(=NCC(C)C)NN. The molecule has 0 aliphatic rings. The zero-order valence-corrected chi connectivity index (χ0v) is 11.8. The van der Waals surface area contributed by atoms with Gasteiger partial charge in [0.05, 0.1) is 0 Å². The molecular formula is C14H23FN4. The maximum Gasteiger partial charge on any atom is 0.205 e. The second-order valence-corrected chi connectivity index (χ2v) is 4.98. The molecule has 4 N–H and O–H groups in total. The Balaban J connectivity index is 2.46. The smallest absolute Gasteiger partial charge is 0.205 e. The number of nitrogens with two attached hydrogens (primary N) is 1. The van der Waals surface area contributed by atoms with E-state index in [2.05, 4.69) is 29.6 Å². The van der Waals surface area contributed by atoms with Crippen molar-refractivity contribution >= 4 is 5.96 Å². The molecule has 1 aromatic carbocycles. The highest BCUT2D eigenvalue weighted by Gasteiger charge is 2.01. The van der Waals surface area contributed by atoms with E-state index in [0.717, 1.165) is 24.1 Å². The van der Waals surface area contributed by atoms with Crippen LogP contribution in [-0.2, 0) is 6.42 Å². The van der Waals surface area contributed by atoms with Gasteiger partial charge in [0.2, 0.25) is 5.96 Å². The van der Waals surface area contributed by atoms with Crippen LogP contribution in [0.1, 0.15) is 25.0 Å². The van der Waals surface area contributed by atoms with Gasteiger partial charge in [0.1, 0.15) is 5.82 Å². The fraction of sp³-hybridized carbons (Fsp3) is 0.500. The second kappa shape index (κ2) is 7.74. The van der Waals surface area contributed by atoms with Crippen LogP contribution in [0.2, 0.25) is 0 Å². The van der Waals surface area contributed by atoms with Crippen molar-refractivity contribution in [1.82, 2.24) is 10.7 Å². The molecule has 0 aliphatic carbocycles. The molecule has 0 saturated carbocycles. The number of guanidine groups is 1. The van der Waals surface area contributed by atoms with Gasteiger partial charge in [0, 0.05) is 13.1 Å². The number of hydrogen-bond donors (Lipinski definition) is 3. The third-order valence-electron chi connectivity index (χ3n) is 2.74. The van der Waals surface area contributed by atoms with Crippen molar-refractivity contribution in [3.05, 3.63) is 35.1 Å². The second-order valence-electron chi connectivity index (χ2n) is 4.98. The van der Waals surface area contributed by atoms with E-state index in [1.54, 1.807) is 6.07 Å². The van der Waals surface area contributed by atoms with Crippen molar-refractivity contribution < 1.29 is 4.39 Å². The summed E-state index contributed by atoms with van der Waals surface area (Å²) >= 11 is 0. The number of rotatable bonds is 5. The number of benzene rings is 1. The minimum atomic E-state index is -0.197. The summed E-state index contributed by atoms with van der Waals surface area (Å²) in [6, 6.07) is 4.84. The van der Waals surface area contributed by atoms with Crippen molar-refractivity contribution in [2.24, 2.45) is 16.8 Å². The minimum Gasteiger partial charge on any atom is -0.355 e. The fourth-order valence-electron chi connectivity index (χ4n) is 1.68. The summed E-state index contributed by atoms with van der Waals surface area (Å²) in [7, 11) is 0. The van der Waals surface area contributed by atoms with Gasteiger partial charge in [-0.25, -0.2) is 10.2 Å². The highest BCUT2D eigenvalue weighted by molar-refractivity contribution is 5.79. The fourth-order valence-corrected chi connectivity index (χ4v) is 1.68. The molecule has 1 aromatic rings. The largest absolute Gasteiger partial charge is 0.355 e. The Morgan fingerprint density at radius 3 is 2.74 bits per heavy atom. The van der Waals surface area contributed by atoms with E-state index in [1.165, 1.54) is 6.07 Å². The molecule has 0 amide bonds. The van der Waals surface area contributed by atoms with Gasteiger partial charge in [-0.3, -0.25) is 10.4 Å². The average Bonchev–Trinajstić information content (AvgIpc) is 2.35. The Morgan fingerprint density at radius 2 is 2.16 bits per heavy atom. The summed E-state index contributed by atoms with van der Waals surface area (Å²) in [4.78, 5) is 4.32. The van der Waals surface area contributed by atoms with E-state index in [4.69, 9.17) is 5.84 Å². The lowest BCUT2D eigenvalue weighted by molar-refractivity contribution is 0.625. The van der Waals surface area contributed by atoms with Gasteiger partial charge in [0.15, 0.2) is 0 Å². The highest BCUT2D eigenvalue weighted by atomic mass is 19.1. The summed E-state index contributed by atoms with van der Waals surface area (Å²) in [5.41, 5.74) is 4.63. The van der Waals surface area contributed by atoms with Gasteiger partial charge >= 0.3 is 0 Å². The Hall–Kier alpha value is -1.62. The Bertz CT molecular complexity index is 429. The topological polar surface area (TPSA) is 62.4 Å². The summed E-state index contributed by atoms with van der Waals surface area (Å²) in [6.45, 7) is 7.53. The molecule has 0 aromatic heterocycles. The average molecular weight is 266 g/mol. The van der Waals surface area contributed by atoms with Crippen molar-refractivity contribution in [2.75, 3.05) is 13.1 Å². The summed E-state index contributed by atoms with van der Waals surface area (Å²) in [5, 5.41) is 3.14. The molecule has 0 atom stereocenters. The van der Waals surface area contributed by atoms with Crippen LogP contribution in [0.4, 0.5) is 4.39 Å². The van der Waals surface area contributed by atoms with Crippen molar-refractivity contribution in [2.45, 2.75) is 27.2 Å². The number of aryl methyl sites for hydroxylation is 1. The summed E-state index contributed by atoms with van der Waals surface area (Å²) in [5.74, 6) is 6.28. The van der Waals surface area contributed by atoms with Gasteiger partial charge in [-0.2, -0.15) is 0 Å². The molecule has 4 nitrogen and oxygen atoms in total. The van der Waals surface area contributed by atoms with Crippen LogP contribution < -0.4 is 16.6 Å². The number of hydrogen-bond acceptors (Lipinski definition) is 2. The maximum absolute atomic E-state index is 13.0. The van der Waals surface area contributed by atoms with Crippen LogP contribution in [0.3, 0.4) is 0 Å². The van der Waals surface area contributed by atoms with Gasteiger partial charge in [0.25, 0.3) is 0 Å². The van der Waals surface area contributed by atoms with E-state index < -0.39 is 0 Å². The van der Waals surface area contributed by atoms with Crippen molar-refractivity contribution in [1.29, 1.82) is 0 Å². The molecule has 5 heteroatoms. The van der Waals surface area contributed by atoms with E-state index in [-0.39, 0.29) is 5.82 Å². The molecule has 0 saturated heterocycles. The molecule has 0 bridgehead atoms. The number of aliphatic imine (C=N–C) groups is 1. The first kappa shape index (κ1) is 15.4. The number of nitrogens with zero attached hydrogens (tertiary/aromatic N) is 1. The Kier molecular flexibility index (Phi) is 6.29. The van der Waals surface area contributed by atoms with Gasteiger partial charge in [-0.05, 0) is 42.5 Å². The molecule has 0 spiro atoms. The third-order valence-corrected chi connectivity index (χ3v) is 2.74. The first-order valence-electron chi connectivity index (χ1n) is 6.53. The Labute approximate surface area is 114 Å². The van der Waals surface area contributed by atoms with Crippen LogP contribution in [0.15, 0.2) is 23.2 Å². The van der Waals surface area contributed by atoms with Crippen molar-refractivity contribution in [3.8, 4) is 0 Å². The van der Waals surface area contributed by atoms with Crippen LogP contribution in [0.5, 0.6) is 0 Å². The molecule has 106 valence electrons. The maximum atomic E-state index is 13.0. The van der Waals surface area contributed by atoms with Crippen LogP contribution in [0, 0.1) is 18.7 Å². The van der Waals surface area contributed by atoms with E-state index in [0.29, 0.717) is 18.4 Å². The Morgan fingerprint density at radius 1 is 1.42 bits per heavy atom. The van der Waals surface area contributed by atoms with Gasteiger partial charge in [-0.15, -0.1) is 0 Å².